The van der Waals surface area contributed by atoms with E-state index in [1.165, 1.54) is 22.9 Å². The minimum atomic E-state index is -1.62. The molecule has 3 heterocycles. The van der Waals surface area contributed by atoms with E-state index in [9.17, 15) is 19.2 Å². The third-order valence-electron chi connectivity index (χ3n) is 5.09. The lowest BCUT2D eigenvalue weighted by Crippen LogP contribution is -2.67. The lowest BCUT2D eigenvalue weighted by atomic mass is 9.97. The molecule has 1 fully saturated rings. The fourth-order valence-corrected chi connectivity index (χ4v) is 3.73. The number of aromatic nitrogens is 1. The molecule has 0 saturated carbocycles. The molecule has 1 saturated heterocycles. The monoisotopic (exact) mass is 398 g/mol. The van der Waals surface area contributed by atoms with E-state index in [0.29, 0.717) is 16.9 Å². The van der Waals surface area contributed by atoms with Gasteiger partial charge in [-0.2, -0.15) is 0 Å². The second kappa shape index (κ2) is 6.73. The maximum absolute atomic E-state index is 13.0. The number of fused-ring (bicyclic) bond motifs is 3. The van der Waals surface area contributed by atoms with E-state index < -0.39 is 30.1 Å². The highest BCUT2D eigenvalue weighted by molar-refractivity contribution is 6.15. The molecule has 1 unspecified atom stereocenters. The number of carbonyl (C=O) groups excluding carboxylic acids is 4. The van der Waals surface area contributed by atoms with E-state index in [2.05, 4.69) is 10.5 Å². The van der Waals surface area contributed by atoms with Crippen molar-refractivity contribution in [1.29, 1.82) is 0 Å². The van der Waals surface area contributed by atoms with Gasteiger partial charge in [0.05, 0.1) is 16.9 Å². The Morgan fingerprint density at radius 3 is 2.79 bits per heavy atom. The second-order valence-electron chi connectivity index (χ2n) is 6.88. The van der Waals surface area contributed by atoms with Gasteiger partial charge in [-0.25, -0.2) is 4.79 Å². The Hall–Kier alpha value is -3.69. The zero-order valence-corrected chi connectivity index (χ0v) is 15.8. The third-order valence-corrected chi connectivity index (χ3v) is 5.09. The first kappa shape index (κ1) is 18.7. The SMILES string of the molecule is Cc1cc(NC(=O)COC(=O)C23CCC(=O)N2c2ccccc2C(=O)N3C)on1. The molecule has 0 spiro atoms. The third kappa shape index (κ3) is 2.84. The van der Waals surface area contributed by atoms with Crippen LogP contribution in [0.25, 0.3) is 0 Å². The Kier molecular flexibility index (Phi) is 4.33. The Morgan fingerprint density at radius 1 is 1.31 bits per heavy atom. The van der Waals surface area contributed by atoms with Crippen molar-refractivity contribution in [3.63, 3.8) is 0 Å². The summed E-state index contributed by atoms with van der Waals surface area (Å²) in [5.74, 6) is -2.05. The summed E-state index contributed by atoms with van der Waals surface area (Å²) in [5.41, 5.74) is -0.355. The van der Waals surface area contributed by atoms with Gasteiger partial charge in [-0.3, -0.25) is 24.6 Å². The number of hydrogen-bond donors (Lipinski definition) is 1. The maximum atomic E-state index is 13.0. The lowest BCUT2D eigenvalue weighted by Gasteiger charge is -2.46. The fourth-order valence-electron chi connectivity index (χ4n) is 3.73. The Balaban J connectivity index is 1.57. The number of benzene rings is 1. The van der Waals surface area contributed by atoms with Gasteiger partial charge in [-0.1, -0.05) is 17.3 Å². The number of anilines is 2. The average Bonchev–Trinajstić information content (AvgIpc) is 3.28. The minimum Gasteiger partial charge on any atom is -0.452 e. The molecule has 10 heteroatoms. The molecule has 1 aromatic carbocycles. The number of nitrogens with one attached hydrogen (secondary N) is 1. The van der Waals surface area contributed by atoms with E-state index >= 15 is 0 Å². The molecule has 0 radical (unpaired) electrons. The van der Waals surface area contributed by atoms with Crippen molar-refractivity contribution in [3.05, 3.63) is 41.6 Å². The summed E-state index contributed by atoms with van der Waals surface area (Å²) < 4.78 is 10.1. The van der Waals surface area contributed by atoms with Crippen LogP contribution in [0.1, 0.15) is 28.9 Å². The molecule has 4 rings (SSSR count). The summed E-state index contributed by atoms with van der Waals surface area (Å²) in [6.45, 7) is 1.09. The van der Waals surface area contributed by atoms with Crippen LogP contribution >= 0.6 is 0 Å². The summed E-state index contributed by atoms with van der Waals surface area (Å²) in [7, 11) is 1.45. The highest BCUT2D eigenvalue weighted by atomic mass is 16.5. The molecule has 2 aliphatic heterocycles. The van der Waals surface area contributed by atoms with E-state index in [0.717, 1.165) is 0 Å². The van der Waals surface area contributed by atoms with Crippen LogP contribution in [0.4, 0.5) is 11.6 Å². The molecular weight excluding hydrogens is 380 g/mol. The predicted octanol–water partition coefficient (Wildman–Crippen LogP) is 1.07. The van der Waals surface area contributed by atoms with Crippen LogP contribution < -0.4 is 10.2 Å². The minimum absolute atomic E-state index is 0.0736. The van der Waals surface area contributed by atoms with Gasteiger partial charge in [0.1, 0.15) is 0 Å². The van der Waals surface area contributed by atoms with Crippen molar-refractivity contribution < 1.29 is 28.4 Å². The number of esters is 1. The largest absolute Gasteiger partial charge is 0.452 e. The highest BCUT2D eigenvalue weighted by Crippen LogP contribution is 2.44. The average molecular weight is 398 g/mol. The van der Waals surface area contributed by atoms with E-state index in [1.807, 2.05) is 0 Å². The molecule has 10 nitrogen and oxygen atoms in total. The molecule has 150 valence electrons. The number of para-hydroxylation sites is 1. The second-order valence-corrected chi connectivity index (χ2v) is 6.88. The summed E-state index contributed by atoms with van der Waals surface area (Å²) in [6.07, 6.45) is 0.148. The molecule has 1 N–H and O–H groups in total. The standard InChI is InChI=1S/C19H18N4O6/c1-11-9-15(29-21-11)20-14(24)10-28-18(27)19-8-7-16(25)23(19)13-6-4-3-5-12(13)17(26)22(19)2/h3-6,9H,7-8,10H2,1-2H3,(H,20,24). The lowest BCUT2D eigenvalue weighted by molar-refractivity contribution is -0.158. The van der Waals surface area contributed by atoms with Crippen LogP contribution in [0.5, 0.6) is 0 Å². The number of hydrogen-bond acceptors (Lipinski definition) is 7. The van der Waals surface area contributed by atoms with Gasteiger partial charge in [0.15, 0.2) is 6.61 Å². The van der Waals surface area contributed by atoms with Crippen LogP contribution in [0, 0.1) is 6.92 Å². The molecule has 2 aromatic rings. The summed E-state index contributed by atoms with van der Waals surface area (Å²) >= 11 is 0. The van der Waals surface area contributed by atoms with E-state index in [1.54, 1.807) is 31.2 Å². The van der Waals surface area contributed by atoms with Crippen LogP contribution in [0.15, 0.2) is 34.9 Å². The first-order chi connectivity index (χ1) is 13.8. The quantitative estimate of drug-likeness (QED) is 0.765. The molecule has 0 aliphatic carbocycles. The van der Waals surface area contributed by atoms with Gasteiger partial charge in [-0.15, -0.1) is 0 Å². The van der Waals surface area contributed by atoms with Gasteiger partial charge in [0.25, 0.3) is 11.8 Å². The van der Waals surface area contributed by atoms with E-state index in [-0.39, 0.29) is 24.6 Å². The Bertz CT molecular complexity index is 1030. The summed E-state index contributed by atoms with van der Waals surface area (Å²) in [6, 6.07) is 8.10. The normalized spacial score (nSPS) is 20.3. The number of likely N-dealkylation sites (N-methyl/N-ethyl adjacent to an activating group) is 1. The molecule has 3 amide bonds. The first-order valence-electron chi connectivity index (χ1n) is 8.95. The smallest absolute Gasteiger partial charge is 0.354 e. The van der Waals surface area contributed by atoms with Crippen molar-refractivity contribution >= 4 is 35.3 Å². The van der Waals surface area contributed by atoms with Crippen molar-refractivity contribution in [1.82, 2.24) is 10.1 Å². The van der Waals surface area contributed by atoms with Gasteiger partial charge in [0.2, 0.25) is 17.5 Å². The van der Waals surface area contributed by atoms with Gasteiger partial charge < -0.3 is 14.2 Å². The Morgan fingerprint density at radius 2 is 2.07 bits per heavy atom. The van der Waals surface area contributed by atoms with Crippen LogP contribution in [0.3, 0.4) is 0 Å². The highest BCUT2D eigenvalue weighted by Gasteiger charge is 2.60. The fraction of sp³-hybridized carbons (Fsp3) is 0.316. The van der Waals surface area contributed by atoms with E-state index in [4.69, 9.17) is 9.26 Å². The molecule has 29 heavy (non-hydrogen) atoms. The number of aryl methyl sites for hydroxylation is 1. The predicted molar refractivity (Wildman–Crippen MR) is 98.8 cm³/mol. The molecule has 1 atom stereocenters. The summed E-state index contributed by atoms with van der Waals surface area (Å²) in [5, 5.41) is 6.06. The maximum Gasteiger partial charge on any atom is 0.354 e. The molecule has 0 bridgehead atoms. The van der Waals surface area contributed by atoms with Crippen LogP contribution in [-0.2, 0) is 19.1 Å². The number of rotatable bonds is 4. The topological polar surface area (TPSA) is 122 Å². The summed E-state index contributed by atoms with van der Waals surface area (Å²) in [4.78, 5) is 53.1. The van der Waals surface area contributed by atoms with Crippen molar-refractivity contribution in [2.45, 2.75) is 25.4 Å². The zero-order chi connectivity index (χ0) is 20.8. The van der Waals surface area contributed by atoms with Crippen LogP contribution in [0.2, 0.25) is 0 Å². The van der Waals surface area contributed by atoms with Gasteiger partial charge >= 0.3 is 5.97 Å². The molecular formula is C19H18N4O6. The first-order valence-corrected chi connectivity index (χ1v) is 8.95. The molecule has 1 aromatic heterocycles. The van der Waals surface area contributed by atoms with Gasteiger partial charge in [-0.05, 0) is 19.1 Å². The number of nitrogens with zero attached hydrogens (tertiary/aromatic N) is 3. The number of ether oxygens (including phenoxy) is 1. The number of carbonyl (C=O) groups is 4. The van der Waals surface area contributed by atoms with Crippen LogP contribution in [-0.4, -0.2) is 53.1 Å². The number of amides is 3. The Labute approximate surface area is 165 Å². The van der Waals surface area contributed by atoms with Crippen molar-refractivity contribution in [3.8, 4) is 0 Å². The zero-order valence-electron chi connectivity index (χ0n) is 15.8. The van der Waals surface area contributed by atoms with Crippen molar-refractivity contribution in [2.24, 2.45) is 0 Å². The van der Waals surface area contributed by atoms with Crippen molar-refractivity contribution in [2.75, 3.05) is 23.9 Å². The van der Waals surface area contributed by atoms with Gasteiger partial charge in [0, 0.05) is 26.0 Å². The molecule has 2 aliphatic rings.